The van der Waals surface area contributed by atoms with Crippen LogP contribution in [0.5, 0.6) is 5.75 Å². The third-order valence-electron chi connectivity index (χ3n) is 3.13. The standard InChI is InChI=1S/C15H21NO4/c1-16(11-5-8-15(19)20-2)14(18)10-9-12-6-3-4-7-13(12)17/h3-4,6-7,17H,5,8-11H2,1-2H3. The highest BCUT2D eigenvalue weighted by Crippen LogP contribution is 2.17. The lowest BCUT2D eigenvalue weighted by Crippen LogP contribution is -2.28. The monoisotopic (exact) mass is 279 g/mol. The van der Waals surface area contributed by atoms with Gasteiger partial charge >= 0.3 is 5.97 Å². The molecular formula is C15H21NO4. The smallest absolute Gasteiger partial charge is 0.305 e. The number of esters is 1. The van der Waals surface area contributed by atoms with E-state index in [0.717, 1.165) is 5.56 Å². The summed E-state index contributed by atoms with van der Waals surface area (Å²) in [5.74, 6) is -0.0492. The van der Waals surface area contributed by atoms with Crippen LogP contribution in [0, 0.1) is 0 Å². The average molecular weight is 279 g/mol. The molecule has 0 fully saturated rings. The van der Waals surface area contributed by atoms with Gasteiger partial charge in [0.25, 0.3) is 0 Å². The maximum Gasteiger partial charge on any atom is 0.305 e. The van der Waals surface area contributed by atoms with Crippen LogP contribution < -0.4 is 0 Å². The predicted octanol–water partition coefficient (Wildman–Crippen LogP) is 1.74. The number of hydrogen-bond donors (Lipinski definition) is 1. The highest BCUT2D eigenvalue weighted by Gasteiger charge is 2.10. The number of phenols is 1. The summed E-state index contributed by atoms with van der Waals surface area (Å²) in [5.41, 5.74) is 0.767. The molecule has 110 valence electrons. The molecule has 0 saturated carbocycles. The number of aryl methyl sites for hydroxylation is 1. The number of methoxy groups -OCH3 is 1. The van der Waals surface area contributed by atoms with Crippen molar-refractivity contribution in [1.29, 1.82) is 0 Å². The third kappa shape index (κ3) is 5.30. The van der Waals surface area contributed by atoms with Crippen molar-refractivity contribution < 1.29 is 19.4 Å². The lowest BCUT2D eigenvalue weighted by molar-refractivity contribution is -0.141. The lowest BCUT2D eigenvalue weighted by Gasteiger charge is -2.16. The molecule has 20 heavy (non-hydrogen) atoms. The number of carbonyl (C=O) groups excluding carboxylic acids is 2. The number of rotatable bonds is 7. The Labute approximate surface area is 119 Å². The normalized spacial score (nSPS) is 10.1. The number of hydrogen-bond acceptors (Lipinski definition) is 4. The molecule has 5 heteroatoms. The molecule has 1 rings (SSSR count). The Kier molecular flexibility index (Phi) is 6.56. The van der Waals surface area contributed by atoms with Crippen molar-refractivity contribution in [3.05, 3.63) is 29.8 Å². The molecule has 0 spiro atoms. The molecule has 1 N–H and O–H groups in total. The van der Waals surface area contributed by atoms with Gasteiger partial charge in [-0.05, 0) is 24.5 Å². The summed E-state index contributed by atoms with van der Waals surface area (Å²) in [6, 6.07) is 7.00. The summed E-state index contributed by atoms with van der Waals surface area (Å²) in [5, 5.41) is 9.62. The summed E-state index contributed by atoms with van der Waals surface area (Å²) >= 11 is 0. The van der Waals surface area contributed by atoms with Crippen molar-refractivity contribution >= 4 is 11.9 Å². The number of nitrogens with zero attached hydrogens (tertiary/aromatic N) is 1. The van der Waals surface area contributed by atoms with Crippen molar-refractivity contribution in [2.45, 2.75) is 25.7 Å². The van der Waals surface area contributed by atoms with Crippen LogP contribution in [0.3, 0.4) is 0 Å². The fourth-order valence-corrected chi connectivity index (χ4v) is 1.84. The van der Waals surface area contributed by atoms with Crippen LogP contribution in [0.2, 0.25) is 0 Å². The van der Waals surface area contributed by atoms with E-state index in [9.17, 15) is 14.7 Å². The number of aromatic hydroxyl groups is 1. The maximum absolute atomic E-state index is 11.9. The fourth-order valence-electron chi connectivity index (χ4n) is 1.84. The molecule has 0 heterocycles. The number of benzene rings is 1. The molecule has 5 nitrogen and oxygen atoms in total. The SMILES string of the molecule is COC(=O)CCCN(C)C(=O)CCc1ccccc1O. The van der Waals surface area contributed by atoms with Gasteiger partial charge in [0.2, 0.25) is 5.91 Å². The molecule has 0 aromatic heterocycles. The van der Waals surface area contributed by atoms with Crippen LogP contribution >= 0.6 is 0 Å². The molecule has 0 atom stereocenters. The van der Waals surface area contributed by atoms with Gasteiger partial charge < -0.3 is 14.7 Å². The highest BCUT2D eigenvalue weighted by molar-refractivity contribution is 5.76. The second-order valence-electron chi connectivity index (χ2n) is 4.62. The van der Waals surface area contributed by atoms with E-state index in [-0.39, 0.29) is 17.6 Å². The van der Waals surface area contributed by atoms with Gasteiger partial charge in [-0.3, -0.25) is 9.59 Å². The van der Waals surface area contributed by atoms with E-state index < -0.39 is 0 Å². The molecule has 0 bridgehead atoms. The number of phenolic OH excluding ortho intramolecular Hbond substituents is 1. The van der Waals surface area contributed by atoms with Crippen LogP contribution in [0.25, 0.3) is 0 Å². The quantitative estimate of drug-likeness (QED) is 0.772. The molecule has 0 saturated heterocycles. The molecule has 1 aromatic rings. The summed E-state index contributed by atoms with van der Waals surface area (Å²) in [7, 11) is 3.06. The minimum Gasteiger partial charge on any atom is -0.508 e. The van der Waals surface area contributed by atoms with Gasteiger partial charge in [0.05, 0.1) is 7.11 Å². The lowest BCUT2D eigenvalue weighted by atomic mass is 10.1. The number of amides is 1. The first kappa shape index (κ1) is 16.0. The van der Waals surface area contributed by atoms with Crippen LogP contribution in [-0.4, -0.2) is 42.6 Å². The largest absolute Gasteiger partial charge is 0.508 e. The minimum atomic E-state index is -0.264. The second kappa shape index (κ2) is 8.19. The van der Waals surface area contributed by atoms with E-state index in [1.54, 1.807) is 30.1 Å². The Morgan fingerprint density at radius 3 is 2.60 bits per heavy atom. The maximum atomic E-state index is 11.9. The first-order valence-electron chi connectivity index (χ1n) is 6.62. The van der Waals surface area contributed by atoms with Crippen LogP contribution in [0.15, 0.2) is 24.3 Å². The van der Waals surface area contributed by atoms with Gasteiger partial charge in [0.1, 0.15) is 5.75 Å². The average Bonchev–Trinajstić information content (AvgIpc) is 2.45. The molecule has 0 unspecified atom stereocenters. The number of para-hydroxylation sites is 1. The van der Waals surface area contributed by atoms with E-state index in [1.165, 1.54) is 7.11 Å². The van der Waals surface area contributed by atoms with Crippen LogP contribution in [0.4, 0.5) is 0 Å². The Bertz CT molecular complexity index is 459. The molecular weight excluding hydrogens is 258 g/mol. The van der Waals surface area contributed by atoms with Crippen LogP contribution in [0.1, 0.15) is 24.8 Å². The van der Waals surface area contributed by atoms with E-state index in [4.69, 9.17) is 0 Å². The second-order valence-corrected chi connectivity index (χ2v) is 4.62. The Morgan fingerprint density at radius 1 is 1.25 bits per heavy atom. The van der Waals surface area contributed by atoms with Gasteiger partial charge in [0, 0.05) is 26.4 Å². The van der Waals surface area contributed by atoms with Gasteiger partial charge in [-0.2, -0.15) is 0 Å². The van der Waals surface area contributed by atoms with Crippen molar-refractivity contribution in [3.63, 3.8) is 0 Å². The van der Waals surface area contributed by atoms with E-state index in [1.807, 2.05) is 6.07 Å². The number of ether oxygens (including phenoxy) is 1. The Hall–Kier alpha value is -2.04. The first-order valence-corrected chi connectivity index (χ1v) is 6.62. The van der Waals surface area contributed by atoms with Crippen LogP contribution in [-0.2, 0) is 20.7 Å². The highest BCUT2D eigenvalue weighted by atomic mass is 16.5. The van der Waals surface area contributed by atoms with Crippen molar-refractivity contribution in [2.24, 2.45) is 0 Å². The Balaban J connectivity index is 2.31. The molecule has 0 radical (unpaired) electrons. The zero-order valence-electron chi connectivity index (χ0n) is 12.0. The fraction of sp³-hybridized carbons (Fsp3) is 0.467. The van der Waals surface area contributed by atoms with Gasteiger partial charge in [0.15, 0.2) is 0 Å². The van der Waals surface area contributed by atoms with E-state index in [2.05, 4.69) is 4.74 Å². The van der Waals surface area contributed by atoms with Crippen molar-refractivity contribution in [1.82, 2.24) is 4.90 Å². The summed E-state index contributed by atoms with van der Waals surface area (Å²) in [6.45, 7) is 0.523. The summed E-state index contributed by atoms with van der Waals surface area (Å²) < 4.78 is 4.54. The first-order chi connectivity index (χ1) is 9.54. The molecule has 0 aliphatic rings. The van der Waals surface area contributed by atoms with Gasteiger partial charge in [-0.1, -0.05) is 18.2 Å². The van der Waals surface area contributed by atoms with Crippen molar-refractivity contribution in [3.8, 4) is 5.75 Å². The topological polar surface area (TPSA) is 66.8 Å². The molecule has 0 aliphatic heterocycles. The summed E-state index contributed by atoms with van der Waals surface area (Å²) in [4.78, 5) is 24.5. The molecule has 0 aliphatic carbocycles. The summed E-state index contributed by atoms with van der Waals surface area (Å²) in [6.07, 6.45) is 1.75. The van der Waals surface area contributed by atoms with Gasteiger partial charge in [-0.25, -0.2) is 0 Å². The number of carbonyl (C=O) groups is 2. The minimum absolute atomic E-state index is 0.00174. The third-order valence-corrected chi connectivity index (χ3v) is 3.13. The van der Waals surface area contributed by atoms with Gasteiger partial charge in [-0.15, -0.1) is 0 Å². The zero-order valence-corrected chi connectivity index (χ0v) is 12.0. The molecule has 1 aromatic carbocycles. The van der Waals surface area contributed by atoms with E-state index in [0.29, 0.717) is 32.2 Å². The zero-order chi connectivity index (χ0) is 15.0. The van der Waals surface area contributed by atoms with Crippen molar-refractivity contribution in [2.75, 3.05) is 20.7 Å². The molecule has 1 amide bonds. The predicted molar refractivity (Wildman–Crippen MR) is 75.3 cm³/mol. The Morgan fingerprint density at radius 2 is 1.95 bits per heavy atom. The van der Waals surface area contributed by atoms with E-state index >= 15 is 0 Å².